The average molecular weight is 236 g/mol. The number of hydrogen-bond donors (Lipinski definition) is 1. The molecule has 1 aliphatic heterocycles. The monoisotopic (exact) mass is 236 g/mol. The molecule has 1 aromatic rings. The van der Waals surface area contributed by atoms with Gasteiger partial charge in [-0.25, -0.2) is 0 Å². The van der Waals surface area contributed by atoms with Crippen LogP contribution >= 0.6 is 0 Å². The van der Waals surface area contributed by atoms with Gasteiger partial charge in [0.1, 0.15) is 5.69 Å². The number of carbonyl (C=O) groups is 2. The van der Waals surface area contributed by atoms with Gasteiger partial charge >= 0.3 is 5.97 Å². The minimum absolute atomic E-state index is 0.0949. The summed E-state index contributed by atoms with van der Waals surface area (Å²) >= 11 is 0. The summed E-state index contributed by atoms with van der Waals surface area (Å²) in [5.41, 5.74) is -0.208. The highest BCUT2D eigenvalue weighted by molar-refractivity contribution is 5.93. The number of rotatable bonds is 2. The maximum absolute atomic E-state index is 12.2. The van der Waals surface area contributed by atoms with Crippen LogP contribution in [0.25, 0.3) is 0 Å². The molecule has 2 rings (SSSR count). The number of aromatic nitrogens is 1. The van der Waals surface area contributed by atoms with Crippen LogP contribution in [0.15, 0.2) is 18.3 Å². The van der Waals surface area contributed by atoms with Crippen LogP contribution < -0.4 is 0 Å². The highest BCUT2D eigenvalue weighted by Crippen LogP contribution is 2.30. The number of aryl methyl sites for hydroxylation is 1. The molecule has 0 saturated carbocycles. The summed E-state index contributed by atoms with van der Waals surface area (Å²) in [6, 6.07) is 3.55. The predicted octanol–water partition coefficient (Wildman–Crippen LogP) is 0.962. The van der Waals surface area contributed by atoms with Crippen LogP contribution in [0.5, 0.6) is 0 Å². The highest BCUT2D eigenvalue weighted by atomic mass is 16.4. The molecule has 0 radical (unpaired) electrons. The minimum Gasteiger partial charge on any atom is -0.481 e. The van der Waals surface area contributed by atoms with E-state index < -0.39 is 11.4 Å². The molecule has 0 bridgehead atoms. The summed E-state index contributed by atoms with van der Waals surface area (Å²) in [5.74, 6) is -0.929. The topological polar surface area (TPSA) is 62.5 Å². The second-order valence-corrected chi connectivity index (χ2v) is 4.85. The molecular formula is C12H16N2O3. The standard InChI is InChI=1S/C12H16N2O3/c1-12(11(16)17)5-7-14(8-12)10(15)9-4-3-6-13(9)2/h3-4,6H,5,7-8H2,1-2H3,(H,16,17)/t12-/m1/s1. The van der Waals surface area contributed by atoms with Gasteiger partial charge in [0.25, 0.3) is 5.91 Å². The Morgan fingerprint density at radius 1 is 1.47 bits per heavy atom. The summed E-state index contributed by atoms with van der Waals surface area (Å²) < 4.78 is 1.75. The van der Waals surface area contributed by atoms with Crippen molar-refractivity contribution in [3.05, 3.63) is 24.0 Å². The van der Waals surface area contributed by atoms with Crippen molar-refractivity contribution in [3.8, 4) is 0 Å². The first-order valence-corrected chi connectivity index (χ1v) is 5.58. The lowest BCUT2D eigenvalue weighted by Gasteiger charge is -2.20. The second kappa shape index (κ2) is 3.91. The van der Waals surface area contributed by atoms with E-state index in [1.807, 2.05) is 0 Å². The van der Waals surface area contributed by atoms with Gasteiger partial charge in [-0.15, -0.1) is 0 Å². The van der Waals surface area contributed by atoms with Gasteiger partial charge in [0.05, 0.1) is 5.41 Å². The molecule has 1 fully saturated rings. The van der Waals surface area contributed by atoms with Gasteiger partial charge in [0.2, 0.25) is 0 Å². The fourth-order valence-electron chi connectivity index (χ4n) is 2.15. The van der Waals surface area contributed by atoms with Crippen molar-refractivity contribution in [3.63, 3.8) is 0 Å². The SMILES string of the molecule is Cn1cccc1C(=O)N1CC[C@@](C)(C(=O)O)C1. The van der Waals surface area contributed by atoms with Crippen molar-refractivity contribution >= 4 is 11.9 Å². The Hall–Kier alpha value is -1.78. The third kappa shape index (κ3) is 1.92. The van der Waals surface area contributed by atoms with E-state index in [9.17, 15) is 9.59 Å². The maximum Gasteiger partial charge on any atom is 0.311 e. The number of carboxylic acid groups (broad SMARTS) is 1. The minimum atomic E-state index is -0.834. The van der Waals surface area contributed by atoms with E-state index in [0.717, 1.165) is 0 Å². The molecule has 1 N–H and O–H groups in total. The molecule has 1 aliphatic rings. The fourth-order valence-corrected chi connectivity index (χ4v) is 2.15. The van der Waals surface area contributed by atoms with Crippen LogP contribution in [0.3, 0.4) is 0 Å². The summed E-state index contributed by atoms with van der Waals surface area (Å²) in [5, 5.41) is 9.11. The van der Waals surface area contributed by atoms with E-state index in [-0.39, 0.29) is 12.5 Å². The van der Waals surface area contributed by atoms with Crippen LogP contribution in [-0.4, -0.2) is 39.5 Å². The molecule has 5 nitrogen and oxygen atoms in total. The van der Waals surface area contributed by atoms with Crippen molar-refractivity contribution in [1.29, 1.82) is 0 Å². The Kier molecular flexibility index (Phi) is 2.69. The Morgan fingerprint density at radius 3 is 2.65 bits per heavy atom. The van der Waals surface area contributed by atoms with Crippen LogP contribution in [0.1, 0.15) is 23.8 Å². The lowest BCUT2D eigenvalue weighted by molar-refractivity contribution is -0.147. The van der Waals surface area contributed by atoms with Crippen molar-refractivity contribution in [2.24, 2.45) is 12.5 Å². The van der Waals surface area contributed by atoms with E-state index in [1.165, 1.54) is 0 Å². The number of aliphatic carboxylic acids is 1. The summed E-state index contributed by atoms with van der Waals surface area (Å²) in [6.45, 7) is 2.48. The third-order valence-electron chi connectivity index (χ3n) is 3.44. The van der Waals surface area contributed by atoms with Crippen molar-refractivity contribution in [2.45, 2.75) is 13.3 Å². The largest absolute Gasteiger partial charge is 0.481 e. The maximum atomic E-state index is 12.2. The fraction of sp³-hybridized carbons (Fsp3) is 0.500. The zero-order valence-electron chi connectivity index (χ0n) is 10.0. The molecule has 5 heteroatoms. The molecule has 17 heavy (non-hydrogen) atoms. The van der Waals surface area contributed by atoms with Gasteiger partial charge in [-0.05, 0) is 25.5 Å². The van der Waals surface area contributed by atoms with E-state index in [0.29, 0.717) is 18.7 Å². The molecule has 92 valence electrons. The molecular weight excluding hydrogens is 220 g/mol. The molecule has 1 aromatic heterocycles. The number of hydrogen-bond acceptors (Lipinski definition) is 2. The Morgan fingerprint density at radius 2 is 2.18 bits per heavy atom. The number of likely N-dealkylation sites (tertiary alicyclic amines) is 1. The van der Waals surface area contributed by atoms with Gasteiger partial charge in [-0.3, -0.25) is 9.59 Å². The molecule has 0 aliphatic carbocycles. The molecule has 0 aromatic carbocycles. The summed E-state index contributed by atoms with van der Waals surface area (Å²) in [4.78, 5) is 24.9. The predicted molar refractivity (Wildman–Crippen MR) is 61.7 cm³/mol. The van der Waals surface area contributed by atoms with Gasteiger partial charge < -0.3 is 14.6 Å². The molecule has 2 heterocycles. The lowest BCUT2D eigenvalue weighted by atomic mass is 9.90. The van der Waals surface area contributed by atoms with Crippen molar-refractivity contribution < 1.29 is 14.7 Å². The number of carbonyl (C=O) groups excluding carboxylic acids is 1. The Labute approximate surface area is 99.6 Å². The first-order valence-electron chi connectivity index (χ1n) is 5.58. The Bertz CT molecular complexity index is 466. The lowest BCUT2D eigenvalue weighted by Crippen LogP contribution is -2.35. The Balaban J connectivity index is 2.15. The molecule has 1 amide bonds. The molecule has 0 unspecified atom stereocenters. The number of nitrogens with zero attached hydrogens (tertiary/aromatic N) is 2. The van der Waals surface area contributed by atoms with Crippen LogP contribution in [-0.2, 0) is 11.8 Å². The van der Waals surface area contributed by atoms with Gasteiger partial charge in [-0.2, -0.15) is 0 Å². The van der Waals surface area contributed by atoms with E-state index >= 15 is 0 Å². The second-order valence-electron chi connectivity index (χ2n) is 4.85. The van der Waals surface area contributed by atoms with E-state index in [2.05, 4.69) is 0 Å². The van der Waals surface area contributed by atoms with Crippen LogP contribution in [0.4, 0.5) is 0 Å². The summed E-state index contributed by atoms with van der Waals surface area (Å²) in [7, 11) is 1.81. The van der Waals surface area contributed by atoms with E-state index in [4.69, 9.17) is 5.11 Å². The van der Waals surface area contributed by atoms with Crippen LogP contribution in [0.2, 0.25) is 0 Å². The van der Waals surface area contributed by atoms with E-state index in [1.54, 1.807) is 41.8 Å². The van der Waals surface area contributed by atoms with Crippen molar-refractivity contribution in [1.82, 2.24) is 9.47 Å². The van der Waals surface area contributed by atoms with Gasteiger partial charge in [0, 0.05) is 26.3 Å². The third-order valence-corrected chi connectivity index (χ3v) is 3.44. The van der Waals surface area contributed by atoms with Gasteiger partial charge in [-0.1, -0.05) is 0 Å². The quantitative estimate of drug-likeness (QED) is 0.832. The summed E-state index contributed by atoms with van der Waals surface area (Å²) in [6.07, 6.45) is 2.32. The van der Waals surface area contributed by atoms with Crippen LogP contribution in [0, 0.1) is 5.41 Å². The number of amides is 1. The first-order chi connectivity index (χ1) is 7.94. The molecule has 1 saturated heterocycles. The smallest absolute Gasteiger partial charge is 0.311 e. The van der Waals surface area contributed by atoms with Crippen molar-refractivity contribution in [2.75, 3.05) is 13.1 Å². The average Bonchev–Trinajstić information content (AvgIpc) is 2.85. The normalized spacial score (nSPS) is 24.0. The highest BCUT2D eigenvalue weighted by Gasteiger charge is 2.42. The zero-order chi connectivity index (χ0) is 12.6. The number of carboxylic acids is 1. The molecule has 1 atom stereocenters. The molecule has 0 spiro atoms. The zero-order valence-corrected chi connectivity index (χ0v) is 10.0. The first kappa shape index (κ1) is 11.7. The van der Waals surface area contributed by atoms with Gasteiger partial charge in [0.15, 0.2) is 0 Å².